The lowest BCUT2D eigenvalue weighted by atomic mass is 9.79. The third-order valence-electron chi connectivity index (χ3n) is 4.63. The van der Waals surface area contributed by atoms with Crippen LogP contribution in [0.4, 0.5) is 4.39 Å². The summed E-state index contributed by atoms with van der Waals surface area (Å²) in [5.41, 5.74) is 6.22. The van der Waals surface area contributed by atoms with Gasteiger partial charge in [0.2, 0.25) is 5.56 Å². The van der Waals surface area contributed by atoms with Crippen molar-refractivity contribution < 1.29 is 9.18 Å². The number of aromatic nitrogens is 1. The second-order valence-corrected chi connectivity index (χ2v) is 6.85. The molecule has 1 aromatic heterocycles. The fraction of sp³-hybridized carbons (Fsp3) is 0.412. The van der Waals surface area contributed by atoms with Gasteiger partial charge in [-0.15, -0.1) is 0 Å². The van der Waals surface area contributed by atoms with Crippen LogP contribution in [0, 0.1) is 11.2 Å². The zero-order chi connectivity index (χ0) is 16.8. The smallest absolute Gasteiger partial charge is 0.254 e. The molecule has 2 heterocycles. The molecule has 23 heavy (non-hydrogen) atoms. The van der Waals surface area contributed by atoms with E-state index >= 15 is 0 Å². The van der Waals surface area contributed by atoms with E-state index in [1.165, 1.54) is 24.3 Å². The Labute approximate surface area is 133 Å². The van der Waals surface area contributed by atoms with Crippen LogP contribution in [0.2, 0.25) is 0 Å². The summed E-state index contributed by atoms with van der Waals surface area (Å²) in [5, 5.41) is 0.419. The van der Waals surface area contributed by atoms with Crippen LogP contribution in [0.15, 0.2) is 29.1 Å². The lowest BCUT2D eigenvalue weighted by Crippen LogP contribution is -2.54. The number of carbonyl (C=O) groups is 1. The predicted octanol–water partition coefficient (Wildman–Crippen LogP) is 1.87. The number of hydrogen-bond acceptors (Lipinski definition) is 3. The van der Waals surface area contributed by atoms with Crippen molar-refractivity contribution in [2.75, 3.05) is 13.1 Å². The van der Waals surface area contributed by atoms with Crippen molar-refractivity contribution in [1.29, 1.82) is 0 Å². The lowest BCUT2D eigenvalue weighted by molar-refractivity contribution is 0.0534. The van der Waals surface area contributed by atoms with E-state index < -0.39 is 5.82 Å². The van der Waals surface area contributed by atoms with Crippen LogP contribution in [0.25, 0.3) is 10.9 Å². The molecule has 122 valence electrons. The van der Waals surface area contributed by atoms with Crippen molar-refractivity contribution in [2.24, 2.45) is 11.1 Å². The summed E-state index contributed by atoms with van der Waals surface area (Å²) in [7, 11) is 0. The molecule has 6 heteroatoms. The number of hydrogen-bond donors (Lipinski definition) is 2. The van der Waals surface area contributed by atoms with Crippen molar-refractivity contribution in [3.8, 4) is 0 Å². The van der Waals surface area contributed by atoms with Crippen LogP contribution >= 0.6 is 0 Å². The molecule has 0 saturated carbocycles. The minimum absolute atomic E-state index is 0.0277. The molecule has 1 aromatic carbocycles. The van der Waals surface area contributed by atoms with Crippen molar-refractivity contribution >= 4 is 16.8 Å². The highest BCUT2D eigenvalue weighted by molar-refractivity contribution is 6.06. The number of halogens is 1. The summed E-state index contributed by atoms with van der Waals surface area (Å²) in [6, 6.07) is 5.28. The summed E-state index contributed by atoms with van der Waals surface area (Å²) in [6.07, 6.45) is 0.703. The van der Waals surface area contributed by atoms with Gasteiger partial charge in [-0.05, 0) is 30.0 Å². The minimum Gasteiger partial charge on any atom is -0.338 e. The van der Waals surface area contributed by atoms with Gasteiger partial charge in [0.05, 0.1) is 5.56 Å². The fourth-order valence-electron chi connectivity index (χ4n) is 3.12. The van der Waals surface area contributed by atoms with Gasteiger partial charge in [0.1, 0.15) is 5.82 Å². The molecule has 0 radical (unpaired) electrons. The average Bonchev–Trinajstić information content (AvgIpc) is 2.49. The van der Waals surface area contributed by atoms with Gasteiger partial charge in [-0.25, -0.2) is 4.39 Å². The molecule has 0 aliphatic carbocycles. The van der Waals surface area contributed by atoms with Crippen LogP contribution in [-0.2, 0) is 0 Å². The Bertz CT molecular complexity index is 828. The summed E-state index contributed by atoms with van der Waals surface area (Å²) in [6.45, 7) is 5.09. The number of nitrogens with one attached hydrogen (secondary N) is 1. The number of rotatable bonds is 1. The normalized spacial score (nSPS) is 20.7. The van der Waals surface area contributed by atoms with E-state index in [4.69, 9.17) is 5.73 Å². The van der Waals surface area contributed by atoms with Gasteiger partial charge in [0, 0.05) is 36.1 Å². The number of pyridine rings is 1. The second-order valence-electron chi connectivity index (χ2n) is 6.85. The highest BCUT2D eigenvalue weighted by atomic mass is 19.1. The van der Waals surface area contributed by atoms with Crippen LogP contribution in [0.1, 0.15) is 30.6 Å². The highest BCUT2D eigenvalue weighted by Crippen LogP contribution is 2.29. The molecule has 0 spiro atoms. The van der Waals surface area contributed by atoms with E-state index in [1.807, 2.05) is 13.8 Å². The molecule has 1 amide bonds. The van der Waals surface area contributed by atoms with Gasteiger partial charge >= 0.3 is 0 Å². The van der Waals surface area contributed by atoms with Crippen LogP contribution in [-0.4, -0.2) is 34.9 Å². The number of H-pyrrole nitrogens is 1. The van der Waals surface area contributed by atoms with Gasteiger partial charge in [-0.1, -0.05) is 13.8 Å². The Balaban J connectivity index is 2.04. The van der Waals surface area contributed by atoms with E-state index in [0.29, 0.717) is 30.4 Å². The molecule has 1 fully saturated rings. The molecule has 3 N–H and O–H groups in total. The van der Waals surface area contributed by atoms with Crippen LogP contribution < -0.4 is 11.3 Å². The summed E-state index contributed by atoms with van der Waals surface area (Å²) >= 11 is 0. The molecular formula is C17H20FN3O2. The second kappa shape index (κ2) is 5.45. The number of fused-ring (bicyclic) bond motifs is 1. The SMILES string of the molecule is CC1(C)CN(C(=O)c2cc(=O)[nH]c3ccc(F)cc23)CCC1N. The number of amides is 1. The molecule has 1 atom stereocenters. The molecule has 1 aliphatic heterocycles. The highest BCUT2D eigenvalue weighted by Gasteiger charge is 2.36. The van der Waals surface area contributed by atoms with Gasteiger partial charge < -0.3 is 15.6 Å². The van der Waals surface area contributed by atoms with Crippen molar-refractivity contribution in [1.82, 2.24) is 9.88 Å². The fourth-order valence-corrected chi connectivity index (χ4v) is 3.12. The lowest BCUT2D eigenvalue weighted by Gasteiger charge is -2.42. The third-order valence-corrected chi connectivity index (χ3v) is 4.63. The molecular weight excluding hydrogens is 297 g/mol. The molecule has 1 saturated heterocycles. The Morgan fingerprint density at radius 2 is 2.13 bits per heavy atom. The first-order chi connectivity index (χ1) is 10.8. The monoisotopic (exact) mass is 317 g/mol. The number of piperidine rings is 1. The van der Waals surface area contributed by atoms with Crippen LogP contribution in [0.5, 0.6) is 0 Å². The first kappa shape index (κ1) is 15.7. The van der Waals surface area contributed by atoms with Crippen molar-refractivity contribution in [3.05, 3.63) is 46.0 Å². The maximum Gasteiger partial charge on any atom is 0.254 e. The quantitative estimate of drug-likeness (QED) is 0.842. The van der Waals surface area contributed by atoms with Gasteiger partial charge in [0.15, 0.2) is 0 Å². The summed E-state index contributed by atoms with van der Waals surface area (Å²) in [4.78, 5) is 29.0. The average molecular weight is 317 g/mol. The zero-order valence-electron chi connectivity index (χ0n) is 13.2. The van der Waals surface area contributed by atoms with E-state index in [0.717, 1.165) is 0 Å². The maximum atomic E-state index is 13.6. The summed E-state index contributed by atoms with van der Waals surface area (Å²) < 4.78 is 13.6. The van der Waals surface area contributed by atoms with E-state index in [2.05, 4.69) is 4.98 Å². The Kier molecular flexibility index (Phi) is 3.72. The minimum atomic E-state index is -0.445. The van der Waals surface area contributed by atoms with Crippen LogP contribution in [0.3, 0.4) is 0 Å². The van der Waals surface area contributed by atoms with Gasteiger partial charge in [-0.2, -0.15) is 0 Å². The Hall–Kier alpha value is -2.21. The number of benzene rings is 1. The Morgan fingerprint density at radius 1 is 1.39 bits per heavy atom. The number of likely N-dealkylation sites (tertiary alicyclic amines) is 1. The van der Waals surface area contributed by atoms with Gasteiger partial charge in [-0.3, -0.25) is 9.59 Å². The van der Waals surface area contributed by atoms with E-state index in [1.54, 1.807) is 4.90 Å². The number of carbonyl (C=O) groups excluding carboxylic acids is 1. The standard InChI is InChI=1S/C17H20FN3O2/c1-17(2)9-21(6-5-14(17)19)16(23)12-8-15(22)20-13-4-3-10(18)7-11(12)13/h3-4,7-8,14H,5-6,9,19H2,1-2H3,(H,20,22). The largest absolute Gasteiger partial charge is 0.338 e. The van der Waals surface area contributed by atoms with E-state index in [-0.39, 0.29) is 28.5 Å². The number of nitrogens with two attached hydrogens (primary N) is 1. The molecule has 3 rings (SSSR count). The zero-order valence-corrected chi connectivity index (χ0v) is 13.2. The third kappa shape index (κ3) is 2.86. The molecule has 0 bridgehead atoms. The predicted molar refractivity (Wildman–Crippen MR) is 86.8 cm³/mol. The van der Waals surface area contributed by atoms with Crippen molar-refractivity contribution in [2.45, 2.75) is 26.3 Å². The molecule has 2 aromatic rings. The maximum absolute atomic E-state index is 13.6. The Morgan fingerprint density at radius 3 is 2.83 bits per heavy atom. The first-order valence-corrected chi connectivity index (χ1v) is 7.65. The van der Waals surface area contributed by atoms with Crippen molar-refractivity contribution in [3.63, 3.8) is 0 Å². The molecule has 1 aliphatic rings. The summed E-state index contributed by atoms with van der Waals surface area (Å²) in [5.74, 6) is -0.703. The number of nitrogens with zero attached hydrogens (tertiary/aromatic N) is 1. The molecule has 5 nitrogen and oxygen atoms in total. The topological polar surface area (TPSA) is 79.2 Å². The number of aromatic amines is 1. The van der Waals surface area contributed by atoms with Gasteiger partial charge in [0.25, 0.3) is 5.91 Å². The molecule has 1 unspecified atom stereocenters. The van der Waals surface area contributed by atoms with E-state index in [9.17, 15) is 14.0 Å². The first-order valence-electron chi connectivity index (χ1n) is 7.65.